The lowest BCUT2D eigenvalue weighted by Crippen LogP contribution is -2.50. The third kappa shape index (κ3) is 5.88. The van der Waals surface area contributed by atoms with Crippen LogP contribution in [0.25, 0.3) is 0 Å². The Kier molecular flexibility index (Phi) is 7.49. The average Bonchev–Trinajstić information content (AvgIpc) is 2.62. The van der Waals surface area contributed by atoms with Gasteiger partial charge in [-0.3, -0.25) is 9.59 Å². The van der Waals surface area contributed by atoms with Crippen LogP contribution in [0.15, 0.2) is 0 Å². The summed E-state index contributed by atoms with van der Waals surface area (Å²) in [6.45, 7) is 8.30. The molecule has 2 rings (SSSR count). The van der Waals surface area contributed by atoms with Gasteiger partial charge in [-0.1, -0.05) is 0 Å². The minimum atomic E-state index is -0.235. The first kappa shape index (κ1) is 19.5. The summed E-state index contributed by atoms with van der Waals surface area (Å²) in [4.78, 5) is 40.6. The zero-order valence-corrected chi connectivity index (χ0v) is 15.3. The van der Waals surface area contributed by atoms with Crippen molar-refractivity contribution in [1.29, 1.82) is 0 Å². The van der Waals surface area contributed by atoms with Crippen molar-refractivity contribution >= 4 is 17.9 Å². The van der Waals surface area contributed by atoms with Gasteiger partial charge in [0.25, 0.3) is 0 Å². The topological polar surface area (TPSA) is 82.2 Å². The summed E-state index contributed by atoms with van der Waals surface area (Å²) in [7, 11) is 0. The van der Waals surface area contributed by atoms with Gasteiger partial charge in [0.05, 0.1) is 6.61 Å². The molecule has 0 aromatic heterocycles. The summed E-state index contributed by atoms with van der Waals surface area (Å²) >= 11 is 0. The van der Waals surface area contributed by atoms with Crippen molar-refractivity contribution in [2.24, 2.45) is 0 Å². The lowest BCUT2D eigenvalue weighted by atomic mass is 10.1. The summed E-state index contributed by atoms with van der Waals surface area (Å²) in [6, 6.07) is 0.341. The first-order chi connectivity index (χ1) is 12.0. The van der Waals surface area contributed by atoms with Crippen molar-refractivity contribution in [3.8, 4) is 0 Å². The first-order valence-electron chi connectivity index (χ1n) is 9.19. The third-order valence-corrected chi connectivity index (χ3v) is 4.87. The van der Waals surface area contributed by atoms with E-state index in [9.17, 15) is 14.4 Å². The highest BCUT2D eigenvalue weighted by molar-refractivity contribution is 5.77. The van der Waals surface area contributed by atoms with Gasteiger partial charge in [-0.25, -0.2) is 4.79 Å². The SMILES string of the molecule is CCOC(=O)N1CCC(NCCC(=O)N2CCN(C(C)=O)CC2)CC1. The van der Waals surface area contributed by atoms with E-state index in [-0.39, 0.29) is 17.9 Å². The maximum absolute atomic E-state index is 12.2. The molecule has 0 aliphatic carbocycles. The van der Waals surface area contributed by atoms with Crippen LogP contribution < -0.4 is 5.32 Å². The molecular formula is C17H30N4O4. The Morgan fingerprint density at radius 2 is 1.56 bits per heavy atom. The number of nitrogens with one attached hydrogen (secondary N) is 1. The molecule has 0 radical (unpaired) electrons. The molecule has 2 aliphatic heterocycles. The molecule has 25 heavy (non-hydrogen) atoms. The smallest absolute Gasteiger partial charge is 0.409 e. The van der Waals surface area contributed by atoms with Gasteiger partial charge in [-0.05, 0) is 19.8 Å². The maximum Gasteiger partial charge on any atom is 0.409 e. The second-order valence-electron chi connectivity index (χ2n) is 6.55. The molecule has 0 spiro atoms. The summed E-state index contributed by atoms with van der Waals surface area (Å²) < 4.78 is 5.01. The Labute approximate surface area is 149 Å². The molecule has 0 unspecified atom stereocenters. The number of likely N-dealkylation sites (tertiary alicyclic amines) is 1. The van der Waals surface area contributed by atoms with Gasteiger partial charge >= 0.3 is 6.09 Å². The van der Waals surface area contributed by atoms with Crippen LogP contribution in [0, 0.1) is 0 Å². The normalized spacial score (nSPS) is 19.0. The Bertz CT molecular complexity index is 469. The largest absolute Gasteiger partial charge is 0.450 e. The van der Waals surface area contributed by atoms with Crippen molar-refractivity contribution in [3.05, 3.63) is 0 Å². The number of hydrogen-bond donors (Lipinski definition) is 1. The zero-order valence-electron chi connectivity index (χ0n) is 15.3. The summed E-state index contributed by atoms with van der Waals surface area (Å²) in [5.41, 5.74) is 0. The molecular weight excluding hydrogens is 324 g/mol. The Morgan fingerprint density at radius 3 is 2.12 bits per heavy atom. The van der Waals surface area contributed by atoms with Crippen molar-refractivity contribution in [2.75, 3.05) is 52.4 Å². The van der Waals surface area contributed by atoms with Crippen LogP contribution in [0.5, 0.6) is 0 Å². The average molecular weight is 354 g/mol. The van der Waals surface area contributed by atoms with E-state index in [1.165, 1.54) is 0 Å². The van der Waals surface area contributed by atoms with Crippen molar-refractivity contribution in [3.63, 3.8) is 0 Å². The van der Waals surface area contributed by atoms with Crippen molar-refractivity contribution < 1.29 is 19.1 Å². The predicted molar refractivity (Wildman–Crippen MR) is 93.1 cm³/mol. The predicted octanol–water partition coefficient (Wildman–Crippen LogP) is 0.278. The fourth-order valence-corrected chi connectivity index (χ4v) is 3.29. The molecule has 142 valence electrons. The molecule has 8 heteroatoms. The highest BCUT2D eigenvalue weighted by Gasteiger charge is 2.24. The molecule has 2 heterocycles. The van der Waals surface area contributed by atoms with Gasteiger partial charge in [0.1, 0.15) is 0 Å². The number of carbonyl (C=O) groups is 3. The molecule has 0 bridgehead atoms. The van der Waals surface area contributed by atoms with Gasteiger partial charge in [0.2, 0.25) is 11.8 Å². The number of amides is 3. The van der Waals surface area contributed by atoms with E-state index in [1.54, 1.807) is 16.7 Å². The van der Waals surface area contributed by atoms with Gasteiger partial charge in [0.15, 0.2) is 0 Å². The van der Waals surface area contributed by atoms with Gasteiger partial charge in [-0.2, -0.15) is 0 Å². The molecule has 2 fully saturated rings. The highest BCUT2D eigenvalue weighted by atomic mass is 16.6. The van der Waals surface area contributed by atoms with E-state index in [1.807, 2.05) is 11.8 Å². The summed E-state index contributed by atoms with van der Waals surface area (Å²) in [5.74, 6) is 0.211. The fraction of sp³-hybridized carbons (Fsp3) is 0.824. The number of carbonyl (C=O) groups excluding carboxylic acids is 3. The monoisotopic (exact) mass is 354 g/mol. The molecule has 1 N–H and O–H groups in total. The molecule has 2 saturated heterocycles. The minimum Gasteiger partial charge on any atom is -0.450 e. The van der Waals surface area contributed by atoms with Crippen LogP contribution in [-0.2, 0) is 14.3 Å². The van der Waals surface area contributed by atoms with Gasteiger partial charge in [-0.15, -0.1) is 0 Å². The van der Waals surface area contributed by atoms with Crippen LogP contribution in [-0.4, -0.2) is 91.1 Å². The Hall–Kier alpha value is -1.83. The number of rotatable bonds is 5. The minimum absolute atomic E-state index is 0.0722. The van der Waals surface area contributed by atoms with Gasteiger partial charge < -0.3 is 24.8 Å². The van der Waals surface area contributed by atoms with Crippen LogP contribution in [0.3, 0.4) is 0 Å². The summed E-state index contributed by atoms with van der Waals surface area (Å²) in [5, 5.41) is 3.42. The Morgan fingerprint density at radius 1 is 0.960 bits per heavy atom. The van der Waals surface area contributed by atoms with Crippen LogP contribution in [0.2, 0.25) is 0 Å². The van der Waals surface area contributed by atoms with Crippen LogP contribution in [0.4, 0.5) is 4.79 Å². The number of ether oxygens (including phenoxy) is 1. The third-order valence-electron chi connectivity index (χ3n) is 4.87. The Balaban J connectivity index is 1.59. The van der Waals surface area contributed by atoms with E-state index >= 15 is 0 Å². The first-order valence-corrected chi connectivity index (χ1v) is 9.19. The molecule has 0 aromatic carbocycles. The lowest BCUT2D eigenvalue weighted by Gasteiger charge is -2.34. The van der Waals surface area contributed by atoms with E-state index in [0.717, 1.165) is 12.8 Å². The van der Waals surface area contributed by atoms with Crippen molar-refractivity contribution in [1.82, 2.24) is 20.0 Å². The standard InChI is InChI=1S/C17H30N4O4/c1-3-25-17(24)21-8-5-15(6-9-21)18-7-4-16(23)20-12-10-19(11-13-20)14(2)22/h15,18H,3-13H2,1-2H3. The van der Waals surface area contributed by atoms with E-state index in [4.69, 9.17) is 4.74 Å². The quantitative estimate of drug-likeness (QED) is 0.767. The van der Waals surface area contributed by atoms with Gasteiger partial charge in [0, 0.05) is 65.2 Å². The van der Waals surface area contributed by atoms with Crippen molar-refractivity contribution in [2.45, 2.75) is 39.2 Å². The summed E-state index contributed by atoms with van der Waals surface area (Å²) in [6.07, 6.45) is 1.99. The van der Waals surface area contributed by atoms with Crippen LogP contribution in [0.1, 0.15) is 33.1 Å². The maximum atomic E-state index is 12.2. The molecule has 0 aromatic rings. The second kappa shape index (κ2) is 9.60. The van der Waals surface area contributed by atoms with E-state index < -0.39 is 0 Å². The highest BCUT2D eigenvalue weighted by Crippen LogP contribution is 2.12. The lowest BCUT2D eigenvalue weighted by molar-refractivity contribution is -0.138. The number of piperidine rings is 1. The molecule has 3 amide bonds. The number of hydrogen-bond acceptors (Lipinski definition) is 5. The second-order valence-corrected chi connectivity index (χ2v) is 6.55. The molecule has 0 atom stereocenters. The van der Waals surface area contributed by atoms with E-state index in [0.29, 0.717) is 64.9 Å². The molecule has 2 aliphatic rings. The molecule has 0 saturated carbocycles. The van der Waals surface area contributed by atoms with Crippen LogP contribution >= 0.6 is 0 Å². The number of piperazine rings is 1. The zero-order chi connectivity index (χ0) is 18.2. The molecule has 8 nitrogen and oxygen atoms in total. The number of nitrogens with zero attached hydrogens (tertiary/aromatic N) is 3. The van der Waals surface area contributed by atoms with E-state index in [2.05, 4.69) is 5.32 Å². The fourth-order valence-electron chi connectivity index (χ4n) is 3.29.